The molecule has 2 N–H and O–H groups in total. The second-order valence-electron chi connectivity index (χ2n) is 10.1. The van der Waals surface area contributed by atoms with Gasteiger partial charge in [-0.15, -0.1) is 0 Å². The number of halogens is 7. The van der Waals surface area contributed by atoms with Gasteiger partial charge in [-0.05, 0) is 55.1 Å². The third-order valence-electron chi connectivity index (χ3n) is 6.91. The maximum absolute atomic E-state index is 13.7. The Morgan fingerprint density at radius 2 is 1.66 bits per heavy atom. The lowest BCUT2D eigenvalue weighted by atomic mass is 10.0. The fourth-order valence-electron chi connectivity index (χ4n) is 4.78. The summed E-state index contributed by atoms with van der Waals surface area (Å²) >= 11 is 6.07. The molecule has 1 aliphatic heterocycles. The Bertz CT molecular complexity index is 1680. The number of hydrogen-bond acceptors (Lipinski definition) is 5. The van der Waals surface area contributed by atoms with Gasteiger partial charge in [0.05, 0.1) is 40.5 Å². The average molecular weight is 661 g/mol. The SMILES string of the molecule is CN(CCN1CCN(S(=O)(=O)c2cccc(C(F)(F)F)c2)c2cc(/C=C/c3c(Cl)cccc3C(F)(F)F)ccc21)CC(N)=O. The van der Waals surface area contributed by atoms with Gasteiger partial charge < -0.3 is 10.6 Å². The topological polar surface area (TPSA) is 86.9 Å². The Hall–Kier alpha value is -3.75. The van der Waals surface area contributed by atoms with Crippen LogP contribution in [0.5, 0.6) is 0 Å². The third kappa shape index (κ3) is 7.48. The number of carbonyl (C=O) groups is 1. The molecular formula is C29H27ClF6N4O3S. The molecule has 0 unspecified atom stereocenters. The Labute approximate surface area is 255 Å². The van der Waals surface area contributed by atoms with Crippen LogP contribution in [0.25, 0.3) is 12.2 Å². The zero-order valence-corrected chi connectivity index (χ0v) is 24.7. The van der Waals surface area contributed by atoms with Gasteiger partial charge >= 0.3 is 12.4 Å². The summed E-state index contributed by atoms with van der Waals surface area (Å²) in [5.41, 5.74) is 3.72. The number of fused-ring (bicyclic) bond motifs is 1. The fourth-order valence-corrected chi connectivity index (χ4v) is 6.52. The first-order chi connectivity index (χ1) is 20.5. The minimum absolute atomic E-state index is 0.0115. The van der Waals surface area contributed by atoms with Gasteiger partial charge in [0.1, 0.15) is 0 Å². The number of anilines is 2. The van der Waals surface area contributed by atoms with E-state index in [1.807, 2.05) is 4.90 Å². The molecule has 0 saturated carbocycles. The summed E-state index contributed by atoms with van der Waals surface area (Å²) in [4.78, 5) is 14.2. The molecule has 0 spiro atoms. The highest BCUT2D eigenvalue weighted by molar-refractivity contribution is 7.92. The van der Waals surface area contributed by atoms with Gasteiger partial charge in [-0.25, -0.2) is 8.42 Å². The molecule has 0 saturated heterocycles. The van der Waals surface area contributed by atoms with E-state index in [1.165, 1.54) is 24.3 Å². The highest BCUT2D eigenvalue weighted by atomic mass is 35.5. The van der Waals surface area contributed by atoms with E-state index >= 15 is 0 Å². The summed E-state index contributed by atoms with van der Waals surface area (Å²) in [7, 11) is -2.83. The Balaban J connectivity index is 1.77. The molecule has 4 rings (SSSR count). The van der Waals surface area contributed by atoms with Crippen molar-refractivity contribution in [3.8, 4) is 0 Å². The Morgan fingerprint density at radius 3 is 2.32 bits per heavy atom. The number of carbonyl (C=O) groups excluding carboxylic acids is 1. The molecule has 1 heterocycles. The number of benzene rings is 3. The minimum atomic E-state index is -4.77. The van der Waals surface area contributed by atoms with E-state index in [2.05, 4.69) is 0 Å². The molecule has 3 aromatic rings. The fraction of sp³-hybridized carbons (Fsp3) is 0.276. The van der Waals surface area contributed by atoms with E-state index in [1.54, 1.807) is 24.1 Å². The van der Waals surface area contributed by atoms with E-state index in [0.29, 0.717) is 30.4 Å². The predicted octanol–water partition coefficient (Wildman–Crippen LogP) is 5.98. The molecule has 3 aromatic carbocycles. The molecule has 0 fully saturated rings. The zero-order chi connectivity index (χ0) is 32.4. The number of alkyl halides is 6. The van der Waals surface area contributed by atoms with Crippen LogP contribution in [0.15, 0.2) is 65.6 Å². The molecule has 1 amide bonds. The van der Waals surface area contributed by atoms with Crippen LogP contribution in [-0.2, 0) is 27.2 Å². The van der Waals surface area contributed by atoms with Crippen molar-refractivity contribution >= 4 is 51.1 Å². The quantitative estimate of drug-likeness (QED) is 0.226. The lowest BCUT2D eigenvalue weighted by molar-refractivity contribution is -0.138. The summed E-state index contributed by atoms with van der Waals surface area (Å²) in [5.74, 6) is -0.534. The van der Waals surface area contributed by atoms with Crippen molar-refractivity contribution < 1.29 is 39.6 Å². The summed E-state index contributed by atoms with van der Waals surface area (Å²) in [6.07, 6.45) is -6.95. The van der Waals surface area contributed by atoms with E-state index in [0.717, 1.165) is 34.6 Å². The lowest BCUT2D eigenvalue weighted by Gasteiger charge is -2.39. The number of nitrogens with two attached hydrogens (primary N) is 1. The van der Waals surface area contributed by atoms with Crippen LogP contribution in [0.1, 0.15) is 22.3 Å². The Morgan fingerprint density at radius 1 is 0.955 bits per heavy atom. The van der Waals surface area contributed by atoms with Gasteiger partial charge in [0, 0.05) is 30.2 Å². The second kappa shape index (κ2) is 12.7. The second-order valence-corrected chi connectivity index (χ2v) is 12.3. The van der Waals surface area contributed by atoms with Crippen molar-refractivity contribution in [2.45, 2.75) is 17.2 Å². The van der Waals surface area contributed by atoms with Crippen molar-refractivity contribution in [3.05, 3.63) is 87.9 Å². The van der Waals surface area contributed by atoms with Gasteiger partial charge in [-0.1, -0.05) is 42.0 Å². The first-order valence-corrected chi connectivity index (χ1v) is 14.9. The van der Waals surface area contributed by atoms with Crippen LogP contribution in [0.4, 0.5) is 37.7 Å². The van der Waals surface area contributed by atoms with Crippen LogP contribution in [-0.4, -0.2) is 59.0 Å². The van der Waals surface area contributed by atoms with Crippen molar-refractivity contribution in [2.75, 3.05) is 49.0 Å². The molecule has 0 aliphatic carbocycles. The molecule has 1 aliphatic rings. The standard InChI is InChI=1S/C29H27ClF6N4O3S/c1-38(18-27(37)41)12-13-39-14-15-40(44(42,43)21-5-2-4-20(17-21)28(31,32)33)26-16-19(9-11-25(26)39)8-10-22-23(29(34,35)36)6-3-7-24(22)30/h2-11,16-17H,12-15,18H2,1H3,(H2,37,41)/b10-8+. The maximum Gasteiger partial charge on any atom is 0.417 e. The summed E-state index contributed by atoms with van der Waals surface area (Å²) in [5, 5.41) is -0.144. The summed E-state index contributed by atoms with van der Waals surface area (Å²) < 4.78 is 109. The predicted molar refractivity (Wildman–Crippen MR) is 157 cm³/mol. The molecule has 0 radical (unpaired) electrons. The van der Waals surface area contributed by atoms with E-state index in [9.17, 15) is 39.6 Å². The van der Waals surface area contributed by atoms with E-state index in [4.69, 9.17) is 17.3 Å². The number of rotatable bonds is 9. The smallest absolute Gasteiger partial charge is 0.369 e. The maximum atomic E-state index is 13.7. The summed E-state index contributed by atoms with van der Waals surface area (Å²) in [6.45, 7) is 0.734. The molecule has 0 aromatic heterocycles. The number of likely N-dealkylation sites (N-methyl/N-ethyl adjacent to an activating group) is 1. The van der Waals surface area contributed by atoms with Crippen LogP contribution in [0, 0.1) is 0 Å². The lowest BCUT2D eigenvalue weighted by Crippen LogP contribution is -2.46. The van der Waals surface area contributed by atoms with Gasteiger partial charge in [0.2, 0.25) is 5.91 Å². The van der Waals surface area contributed by atoms with Gasteiger partial charge in [0.15, 0.2) is 0 Å². The third-order valence-corrected chi connectivity index (χ3v) is 9.05. The number of hydrogen-bond donors (Lipinski definition) is 1. The first kappa shape index (κ1) is 33.1. The highest BCUT2D eigenvalue weighted by Gasteiger charge is 2.36. The summed E-state index contributed by atoms with van der Waals surface area (Å²) in [6, 6.07) is 11.3. The van der Waals surface area contributed by atoms with Gasteiger partial charge in [-0.2, -0.15) is 26.3 Å². The molecule has 0 bridgehead atoms. The largest absolute Gasteiger partial charge is 0.417 e. The van der Waals surface area contributed by atoms with Gasteiger partial charge in [-0.3, -0.25) is 14.0 Å². The monoisotopic (exact) mass is 660 g/mol. The van der Waals surface area contributed by atoms with Crippen molar-refractivity contribution in [1.29, 1.82) is 0 Å². The van der Waals surface area contributed by atoms with Crippen molar-refractivity contribution in [2.24, 2.45) is 5.73 Å². The molecule has 236 valence electrons. The molecular weight excluding hydrogens is 634 g/mol. The number of amides is 1. The van der Waals surface area contributed by atoms with Crippen LogP contribution < -0.4 is 14.9 Å². The normalized spacial score (nSPS) is 14.4. The van der Waals surface area contributed by atoms with Crippen LogP contribution in [0.2, 0.25) is 5.02 Å². The first-order valence-electron chi connectivity index (χ1n) is 13.1. The van der Waals surface area contributed by atoms with Crippen molar-refractivity contribution in [3.63, 3.8) is 0 Å². The molecule has 15 heteroatoms. The van der Waals surface area contributed by atoms with Crippen LogP contribution >= 0.6 is 11.6 Å². The number of nitrogens with zero attached hydrogens (tertiary/aromatic N) is 3. The molecule has 7 nitrogen and oxygen atoms in total. The highest BCUT2D eigenvalue weighted by Crippen LogP contribution is 2.40. The number of primary amides is 1. The van der Waals surface area contributed by atoms with Crippen molar-refractivity contribution in [1.82, 2.24) is 4.90 Å². The molecule has 0 atom stereocenters. The zero-order valence-electron chi connectivity index (χ0n) is 23.2. The van der Waals surface area contributed by atoms with E-state index in [-0.39, 0.29) is 35.9 Å². The average Bonchev–Trinajstić information content (AvgIpc) is 2.93. The molecule has 44 heavy (non-hydrogen) atoms. The van der Waals surface area contributed by atoms with Crippen LogP contribution in [0.3, 0.4) is 0 Å². The Kier molecular flexibility index (Phi) is 9.57. The van der Waals surface area contributed by atoms with Gasteiger partial charge in [0.25, 0.3) is 10.0 Å². The minimum Gasteiger partial charge on any atom is -0.369 e. The number of sulfonamides is 1. The van der Waals surface area contributed by atoms with E-state index < -0.39 is 44.3 Å².